The minimum atomic E-state index is 0.815. The number of unbranched alkanes of at least 4 members (excludes halogenated alkanes) is 7. The van der Waals surface area contributed by atoms with Gasteiger partial charge in [0.1, 0.15) is 0 Å². The molecule has 0 aromatic rings. The zero-order valence-corrected chi connectivity index (χ0v) is 14.5. The van der Waals surface area contributed by atoms with Crippen LogP contribution in [0.4, 0.5) is 0 Å². The van der Waals surface area contributed by atoms with E-state index >= 15 is 0 Å². The fourth-order valence-electron chi connectivity index (χ4n) is 2.47. The zero-order valence-electron chi connectivity index (χ0n) is 12.9. The minimum Gasteiger partial charge on any atom is -0.306 e. The predicted molar refractivity (Wildman–Crippen MR) is 87.7 cm³/mol. The second-order valence-electron chi connectivity index (χ2n) is 5.71. The Morgan fingerprint density at radius 2 is 1.28 bits per heavy atom. The molecule has 2 heteroatoms. The smallest absolute Gasteiger partial charge is 0.00891 e. The van der Waals surface area contributed by atoms with E-state index in [2.05, 4.69) is 41.8 Å². The molecular weight excluding hydrogens is 286 g/mol. The molecule has 0 heterocycles. The second-order valence-corrected chi connectivity index (χ2v) is 6.51. The van der Waals surface area contributed by atoms with Crippen molar-refractivity contribution in [2.45, 2.75) is 83.6 Å². The Bertz CT molecular complexity index is 145. The number of rotatable bonds is 13. The van der Waals surface area contributed by atoms with Crippen LogP contribution in [0.1, 0.15) is 77.6 Å². The van der Waals surface area contributed by atoms with Gasteiger partial charge in [-0.15, -0.1) is 0 Å². The fraction of sp³-hybridized carbons (Fsp3) is 1.00. The summed E-state index contributed by atoms with van der Waals surface area (Å²) in [5, 5.41) is 1.17. The molecule has 0 amide bonds. The van der Waals surface area contributed by atoms with Crippen molar-refractivity contribution < 1.29 is 0 Å². The van der Waals surface area contributed by atoms with Gasteiger partial charge < -0.3 is 4.90 Å². The summed E-state index contributed by atoms with van der Waals surface area (Å²) >= 11 is 3.50. The molecule has 0 saturated heterocycles. The van der Waals surface area contributed by atoms with Crippen molar-refractivity contribution >= 4 is 15.9 Å². The van der Waals surface area contributed by atoms with E-state index in [9.17, 15) is 0 Å². The van der Waals surface area contributed by atoms with E-state index in [-0.39, 0.29) is 0 Å². The SMILES string of the molecule is CCCCCCCC(CCCCCCBr)N(C)C. The Morgan fingerprint density at radius 1 is 0.778 bits per heavy atom. The average Bonchev–Trinajstić information content (AvgIpc) is 2.35. The molecule has 1 atom stereocenters. The summed E-state index contributed by atoms with van der Waals surface area (Å²) in [4.78, 5) is 2.43. The van der Waals surface area contributed by atoms with Gasteiger partial charge in [-0.1, -0.05) is 74.2 Å². The summed E-state index contributed by atoms with van der Waals surface area (Å²) in [6, 6.07) is 0.815. The van der Waals surface area contributed by atoms with Crippen LogP contribution in [0.3, 0.4) is 0 Å². The highest BCUT2D eigenvalue weighted by molar-refractivity contribution is 9.09. The van der Waals surface area contributed by atoms with Gasteiger partial charge in [0.15, 0.2) is 0 Å². The van der Waals surface area contributed by atoms with Crippen LogP contribution in [0.5, 0.6) is 0 Å². The summed E-state index contributed by atoms with van der Waals surface area (Å²) in [5.74, 6) is 0. The van der Waals surface area contributed by atoms with Crippen molar-refractivity contribution in [3.8, 4) is 0 Å². The third-order valence-corrected chi connectivity index (χ3v) is 4.35. The lowest BCUT2D eigenvalue weighted by molar-refractivity contribution is 0.251. The third-order valence-electron chi connectivity index (χ3n) is 3.79. The Balaban J connectivity index is 3.53. The highest BCUT2D eigenvalue weighted by Crippen LogP contribution is 2.16. The number of hydrogen-bond acceptors (Lipinski definition) is 1. The molecule has 1 unspecified atom stereocenters. The number of alkyl halides is 1. The van der Waals surface area contributed by atoms with Crippen molar-refractivity contribution in [2.24, 2.45) is 0 Å². The van der Waals surface area contributed by atoms with Gasteiger partial charge in [-0.2, -0.15) is 0 Å². The van der Waals surface area contributed by atoms with E-state index in [4.69, 9.17) is 0 Å². The molecule has 110 valence electrons. The van der Waals surface area contributed by atoms with Gasteiger partial charge in [0.05, 0.1) is 0 Å². The lowest BCUT2D eigenvalue weighted by Gasteiger charge is -2.24. The number of hydrogen-bond donors (Lipinski definition) is 0. The first-order valence-corrected chi connectivity index (χ1v) is 9.06. The van der Waals surface area contributed by atoms with E-state index in [0.717, 1.165) is 6.04 Å². The van der Waals surface area contributed by atoms with Gasteiger partial charge in [-0.3, -0.25) is 0 Å². The Morgan fingerprint density at radius 3 is 1.72 bits per heavy atom. The normalized spacial score (nSPS) is 13.2. The maximum Gasteiger partial charge on any atom is 0.00891 e. The van der Waals surface area contributed by atoms with Crippen LogP contribution in [-0.2, 0) is 0 Å². The van der Waals surface area contributed by atoms with E-state index in [1.807, 2.05) is 0 Å². The van der Waals surface area contributed by atoms with Crippen molar-refractivity contribution in [3.05, 3.63) is 0 Å². The average molecular weight is 320 g/mol. The first-order valence-electron chi connectivity index (χ1n) is 7.94. The third kappa shape index (κ3) is 11.5. The molecule has 0 spiro atoms. The molecule has 0 aliphatic carbocycles. The van der Waals surface area contributed by atoms with Gasteiger partial charge in [0, 0.05) is 11.4 Å². The standard InChI is InChI=1S/C16H34BrN/c1-4-5-6-7-10-13-16(18(2)3)14-11-8-9-12-15-17/h16H,4-15H2,1-3H3. The molecule has 18 heavy (non-hydrogen) atoms. The molecule has 0 aliphatic rings. The summed E-state index contributed by atoms with van der Waals surface area (Å²) in [5.41, 5.74) is 0. The molecule has 0 saturated carbocycles. The molecule has 0 rings (SSSR count). The molecule has 0 aromatic heterocycles. The first kappa shape index (κ1) is 18.4. The minimum absolute atomic E-state index is 0.815. The van der Waals surface area contributed by atoms with Crippen LogP contribution < -0.4 is 0 Å². The first-order chi connectivity index (χ1) is 8.72. The molecule has 0 bridgehead atoms. The van der Waals surface area contributed by atoms with Crippen molar-refractivity contribution in [1.82, 2.24) is 4.90 Å². The van der Waals surface area contributed by atoms with Crippen LogP contribution >= 0.6 is 15.9 Å². The van der Waals surface area contributed by atoms with Gasteiger partial charge in [0.25, 0.3) is 0 Å². The summed E-state index contributed by atoms with van der Waals surface area (Å²) in [6.45, 7) is 2.29. The zero-order chi connectivity index (χ0) is 13.6. The van der Waals surface area contributed by atoms with E-state index in [1.165, 1.54) is 76.0 Å². The lowest BCUT2D eigenvalue weighted by atomic mass is 10.00. The molecular formula is C16H34BrN. The summed E-state index contributed by atoms with van der Waals surface area (Å²) in [7, 11) is 4.49. The second kappa shape index (κ2) is 13.9. The topological polar surface area (TPSA) is 3.24 Å². The largest absolute Gasteiger partial charge is 0.306 e. The van der Waals surface area contributed by atoms with Gasteiger partial charge in [-0.05, 0) is 33.4 Å². The van der Waals surface area contributed by atoms with Gasteiger partial charge in [-0.25, -0.2) is 0 Å². The highest BCUT2D eigenvalue weighted by atomic mass is 79.9. The van der Waals surface area contributed by atoms with Crippen molar-refractivity contribution in [2.75, 3.05) is 19.4 Å². The number of nitrogens with zero attached hydrogens (tertiary/aromatic N) is 1. The van der Waals surface area contributed by atoms with Crippen LogP contribution in [0, 0.1) is 0 Å². The molecule has 0 aliphatic heterocycles. The monoisotopic (exact) mass is 319 g/mol. The maximum absolute atomic E-state index is 3.50. The molecule has 0 N–H and O–H groups in total. The summed E-state index contributed by atoms with van der Waals surface area (Å²) in [6.07, 6.45) is 15.4. The predicted octanol–water partition coefficient (Wildman–Crippen LogP) is 5.62. The maximum atomic E-state index is 3.50. The molecule has 1 nitrogen and oxygen atoms in total. The molecule has 0 aromatic carbocycles. The van der Waals surface area contributed by atoms with E-state index in [1.54, 1.807) is 0 Å². The van der Waals surface area contributed by atoms with Crippen LogP contribution in [0.25, 0.3) is 0 Å². The van der Waals surface area contributed by atoms with E-state index in [0.29, 0.717) is 0 Å². The molecule has 0 fully saturated rings. The van der Waals surface area contributed by atoms with Crippen molar-refractivity contribution in [1.29, 1.82) is 0 Å². The van der Waals surface area contributed by atoms with Crippen LogP contribution in [-0.4, -0.2) is 30.4 Å². The highest BCUT2D eigenvalue weighted by Gasteiger charge is 2.10. The fourth-order valence-corrected chi connectivity index (χ4v) is 2.87. The van der Waals surface area contributed by atoms with E-state index < -0.39 is 0 Å². The Kier molecular flexibility index (Phi) is 14.2. The Labute approximate surface area is 124 Å². The summed E-state index contributed by atoms with van der Waals surface area (Å²) < 4.78 is 0. The quantitative estimate of drug-likeness (QED) is 0.314. The van der Waals surface area contributed by atoms with Gasteiger partial charge >= 0.3 is 0 Å². The number of halogens is 1. The van der Waals surface area contributed by atoms with Crippen molar-refractivity contribution in [3.63, 3.8) is 0 Å². The van der Waals surface area contributed by atoms with Crippen LogP contribution in [0.2, 0.25) is 0 Å². The van der Waals surface area contributed by atoms with Gasteiger partial charge in [0.2, 0.25) is 0 Å². The molecule has 0 radical (unpaired) electrons. The lowest BCUT2D eigenvalue weighted by Crippen LogP contribution is -2.27. The Hall–Kier alpha value is 0.440. The van der Waals surface area contributed by atoms with Crippen LogP contribution in [0.15, 0.2) is 0 Å².